The quantitative estimate of drug-likeness (QED) is 0.633. The lowest BCUT2D eigenvalue weighted by atomic mass is 9.89. The molecule has 0 aliphatic carbocycles. The fourth-order valence-electron chi connectivity index (χ4n) is 3.11. The highest BCUT2D eigenvalue weighted by Crippen LogP contribution is 2.42. The van der Waals surface area contributed by atoms with Crippen LogP contribution >= 0.6 is 10.7 Å². The minimum atomic E-state index is -0.449. The maximum absolute atomic E-state index is 11.8. The van der Waals surface area contributed by atoms with Gasteiger partial charge in [0.05, 0.1) is 11.6 Å². The Morgan fingerprint density at radius 3 is 2.62 bits per heavy atom. The smallest absolute Gasteiger partial charge is 0.159 e. The molecule has 0 saturated carbocycles. The first-order valence-electron chi connectivity index (χ1n) is 8.43. The highest BCUT2D eigenvalue weighted by Gasteiger charge is 2.34. The van der Waals surface area contributed by atoms with Gasteiger partial charge < -0.3 is 4.74 Å². The Kier molecular flexibility index (Phi) is 4.99. The van der Waals surface area contributed by atoms with Gasteiger partial charge in [0.2, 0.25) is 0 Å². The van der Waals surface area contributed by atoms with Crippen LogP contribution in [0.3, 0.4) is 0 Å². The van der Waals surface area contributed by atoms with Crippen molar-refractivity contribution in [2.75, 3.05) is 0 Å². The molecule has 1 heterocycles. The molecular formula is C21H22N2O2S. The second-order valence-electron chi connectivity index (χ2n) is 7.07. The number of nitriles is 1. The van der Waals surface area contributed by atoms with Crippen molar-refractivity contribution in [3.63, 3.8) is 0 Å². The number of hydrogen-bond donors (Lipinski definition) is 1. The van der Waals surface area contributed by atoms with E-state index in [1.165, 1.54) is 0 Å². The van der Waals surface area contributed by atoms with E-state index in [4.69, 9.17) is 10.00 Å². The van der Waals surface area contributed by atoms with Gasteiger partial charge in [-0.3, -0.25) is 9.52 Å². The highest BCUT2D eigenvalue weighted by molar-refractivity contribution is 8.12. The first-order valence-corrected chi connectivity index (χ1v) is 9.83. The molecule has 0 bridgehead atoms. The number of carbonyl (C=O) groups is 1. The summed E-state index contributed by atoms with van der Waals surface area (Å²) >= 11 is 0. The third kappa shape index (κ3) is 3.87. The van der Waals surface area contributed by atoms with Gasteiger partial charge in [-0.25, -0.2) is 0 Å². The lowest BCUT2D eigenvalue weighted by Crippen LogP contribution is -2.38. The highest BCUT2D eigenvalue weighted by atomic mass is 32.2. The van der Waals surface area contributed by atoms with Crippen molar-refractivity contribution in [2.45, 2.75) is 43.7 Å². The zero-order valence-electron chi connectivity index (χ0n) is 15.2. The van der Waals surface area contributed by atoms with Crippen molar-refractivity contribution in [3.05, 3.63) is 59.2 Å². The summed E-state index contributed by atoms with van der Waals surface area (Å²) in [7, 11) is -0.449. The number of nitrogens with zero attached hydrogens (tertiary/aromatic N) is 1. The molecule has 5 heteroatoms. The minimum absolute atomic E-state index is 0.0320. The van der Waals surface area contributed by atoms with Crippen LogP contribution in [0.5, 0.6) is 5.75 Å². The molecule has 3 rings (SSSR count). The monoisotopic (exact) mass is 366 g/mol. The average Bonchev–Trinajstić information content (AvgIpc) is 2.60. The van der Waals surface area contributed by atoms with Crippen LogP contribution in [0.1, 0.15) is 54.7 Å². The summed E-state index contributed by atoms with van der Waals surface area (Å²) in [5.74, 6) is 5.11. The summed E-state index contributed by atoms with van der Waals surface area (Å²) in [5, 5.41) is 8.95. The van der Waals surface area contributed by atoms with Crippen molar-refractivity contribution in [3.8, 4) is 11.8 Å². The van der Waals surface area contributed by atoms with E-state index < -0.39 is 10.7 Å². The van der Waals surface area contributed by atoms with E-state index in [0.717, 1.165) is 22.6 Å². The molecule has 26 heavy (non-hydrogen) atoms. The van der Waals surface area contributed by atoms with Crippen molar-refractivity contribution < 1.29 is 9.53 Å². The van der Waals surface area contributed by atoms with Crippen LogP contribution in [-0.2, 0) is 0 Å². The summed E-state index contributed by atoms with van der Waals surface area (Å²) < 4.78 is 9.69. The Morgan fingerprint density at radius 2 is 2.00 bits per heavy atom. The third-order valence-electron chi connectivity index (χ3n) is 4.43. The standard InChI is InChI=1S/C21H22N2O2S/c1-14(24)16-7-10-20-18(11-16)19(12-21(2,3)25-20)23-26(4)17-8-5-15(13-22)6-9-17/h5-11,19,23H,4,12H2,1-3H3. The molecular weight excluding hydrogens is 344 g/mol. The summed E-state index contributed by atoms with van der Waals surface area (Å²) in [6.45, 7) is 5.69. The first kappa shape index (κ1) is 18.4. The predicted octanol–water partition coefficient (Wildman–Crippen LogP) is 4.63. The van der Waals surface area contributed by atoms with E-state index in [0.29, 0.717) is 11.1 Å². The van der Waals surface area contributed by atoms with Gasteiger partial charge in [-0.05, 0) is 63.2 Å². The second-order valence-corrected chi connectivity index (χ2v) is 8.56. The third-order valence-corrected chi connectivity index (χ3v) is 5.84. The molecule has 1 aliphatic heterocycles. The molecule has 0 aromatic heterocycles. The van der Waals surface area contributed by atoms with E-state index >= 15 is 0 Å². The van der Waals surface area contributed by atoms with E-state index in [1.807, 2.05) is 30.3 Å². The Bertz CT molecular complexity index is 911. The predicted molar refractivity (Wildman–Crippen MR) is 106 cm³/mol. The lowest BCUT2D eigenvalue weighted by Gasteiger charge is -2.38. The summed E-state index contributed by atoms with van der Waals surface area (Å²) in [6.07, 6.45) is 0.774. The van der Waals surface area contributed by atoms with Crippen molar-refractivity contribution in [2.24, 2.45) is 0 Å². The Balaban J connectivity index is 1.91. The van der Waals surface area contributed by atoms with Gasteiger partial charge in [0.15, 0.2) is 5.78 Å². The molecule has 1 aliphatic rings. The number of rotatable bonds is 4. The normalized spacial score (nSPS) is 18.9. The molecule has 0 amide bonds. The fraction of sp³-hybridized carbons (Fsp3) is 0.286. The molecule has 4 nitrogen and oxygen atoms in total. The van der Waals surface area contributed by atoms with Gasteiger partial charge in [0.25, 0.3) is 0 Å². The van der Waals surface area contributed by atoms with E-state index in [1.54, 1.807) is 19.1 Å². The molecule has 134 valence electrons. The second kappa shape index (κ2) is 7.06. The summed E-state index contributed by atoms with van der Waals surface area (Å²) in [6, 6.07) is 15.2. The number of nitrogens with one attached hydrogen (secondary N) is 1. The number of benzene rings is 2. The summed E-state index contributed by atoms with van der Waals surface area (Å²) in [5.41, 5.74) is 2.00. The maximum atomic E-state index is 11.8. The first-order chi connectivity index (χ1) is 12.3. The van der Waals surface area contributed by atoms with Crippen molar-refractivity contribution in [1.29, 1.82) is 5.26 Å². The van der Waals surface area contributed by atoms with Gasteiger partial charge in [-0.1, -0.05) is 16.5 Å². The van der Waals surface area contributed by atoms with Crippen LogP contribution in [-0.4, -0.2) is 17.3 Å². The number of fused-ring (bicyclic) bond motifs is 1. The SMILES string of the molecule is C=S(NC1CC(C)(C)Oc2ccc(C(C)=O)cc21)c1ccc(C#N)cc1. The molecule has 2 atom stereocenters. The van der Waals surface area contributed by atoms with Crippen LogP contribution < -0.4 is 9.46 Å². The number of Topliss-reactive ketones (excluding diaryl/α,β-unsaturated/α-hetero) is 1. The minimum Gasteiger partial charge on any atom is -0.487 e. The van der Waals surface area contributed by atoms with Gasteiger partial charge in [0.1, 0.15) is 11.4 Å². The maximum Gasteiger partial charge on any atom is 0.159 e. The zero-order valence-corrected chi connectivity index (χ0v) is 16.0. The largest absolute Gasteiger partial charge is 0.487 e. The van der Waals surface area contributed by atoms with Crippen LogP contribution in [0.15, 0.2) is 47.4 Å². The van der Waals surface area contributed by atoms with Crippen LogP contribution in [0.25, 0.3) is 0 Å². The molecule has 0 spiro atoms. The topological polar surface area (TPSA) is 62.1 Å². The number of hydrogen-bond acceptors (Lipinski definition) is 4. The Morgan fingerprint density at radius 1 is 1.31 bits per heavy atom. The summed E-state index contributed by atoms with van der Waals surface area (Å²) in [4.78, 5) is 12.8. The van der Waals surface area contributed by atoms with Crippen molar-refractivity contribution >= 4 is 22.3 Å². The zero-order chi connectivity index (χ0) is 18.9. The molecule has 2 aromatic rings. The van der Waals surface area contributed by atoms with Gasteiger partial charge >= 0.3 is 0 Å². The Labute approximate surface area is 156 Å². The number of ether oxygens (including phenoxy) is 1. The molecule has 0 fully saturated rings. The van der Waals surface area contributed by atoms with Crippen LogP contribution in [0, 0.1) is 11.3 Å². The van der Waals surface area contributed by atoms with Crippen molar-refractivity contribution in [1.82, 2.24) is 4.72 Å². The van der Waals surface area contributed by atoms with Crippen LogP contribution in [0.2, 0.25) is 0 Å². The number of carbonyl (C=O) groups excluding carboxylic acids is 1. The molecule has 2 aromatic carbocycles. The molecule has 2 unspecified atom stereocenters. The van der Waals surface area contributed by atoms with E-state index in [2.05, 4.69) is 30.5 Å². The molecule has 0 saturated heterocycles. The molecule has 1 N–H and O–H groups in total. The lowest BCUT2D eigenvalue weighted by molar-refractivity contribution is 0.0705. The van der Waals surface area contributed by atoms with E-state index in [-0.39, 0.29) is 17.4 Å². The van der Waals surface area contributed by atoms with Crippen LogP contribution in [0.4, 0.5) is 0 Å². The average molecular weight is 366 g/mol. The van der Waals surface area contributed by atoms with Gasteiger partial charge in [0, 0.05) is 28.5 Å². The van der Waals surface area contributed by atoms with Gasteiger partial charge in [-0.2, -0.15) is 5.26 Å². The number of ketones is 1. The van der Waals surface area contributed by atoms with Gasteiger partial charge in [-0.15, -0.1) is 0 Å². The molecule has 0 radical (unpaired) electrons. The fourth-order valence-corrected chi connectivity index (χ4v) is 4.27. The Hall–Kier alpha value is -2.42. The van der Waals surface area contributed by atoms with E-state index in [9.17, 15) is 4.79 Å².